The Hall–Kier alpha value is -2.05. The molecule has 0 fully saturated rings. The maximum absolute atomic E-state index is 11.9. The maximum Gasteiger partial charge on any atom is 0.416 e. The average molecular weight is 236 g/mol. The van der Waals surface area contributed by atoms with Crippen LogP contribution in [0.15, 0.2) is 9.59 Å². The standard InChI is InChI=1S/C10H13N5O2/c1-4-5-6-11-7-8(15(3)13-6)12-10(17)14(2)9(7)16/h4-5H2,1-3H3/p+1. The lowest BCUT2D eigenvalue weighted by Crippen LogP contribution is -2.43. The number of aryl methyl sites for hydroxylation is 2. The molecule has 0 atom stereocenters. The summed E-state index contributed by atoms with van der Waals surface area (Å²) in [6.45, 7) is 2.01. The highest BCUT2D eigenvalue weighted by Gasteiger charge is 2.16. The molecule has 0 aliphatic rings. The number of aromatic amines is 1. The lowest BCUT2D eigenvalue weighted by Gasteiger charge is -2.00. The van der Waals surface area contributed by atoms with Crippen molar-refractivity contribution in [3.63, 3.8) is 0 Å². The number of aromatic nitrogens is 5. The van der Waals surface area contributed by atoms with Gasteiger partial charge in [-0.05, 0) is 6.42 Å². The third kappa shape index (κ3) is 1.83. The molecular formula is C10H14N5O2+. The molecule has 17 heavy (non-hydrogen) atoms. The minimum Gasteiger partial charge on any atom is -0.266 e. The SMILES string of the molecule is CCCc1nc2c(=O)n(C)c(=O)[nH]c2[n+](C)n1. The number of nitrogens with zero attached hydrogens (tertiary/aromatic N) is 4. The van der Waals surface area contributed by atoms with Crippen LogP contribution in [0, 0.1) is 0 Å². The van der Waals surface area contributed by atoms with Gasteiger partial charge in [-0.2, -0.15) is 4.98 Å². The molecular weight excluding hydrogens is 222 g/mol. The predicted octanol–water partition coefficient (Wildman–Crippen LogP) is -1.21. The predicted molar refractivity (Wildman–Crippen MR) is 60.6 cm³/mol. The van der Waals surface area contributed by atoms with E-state index >= 15 is 0 Å². The van der Waals surface area contributed by atoms with Crippen LogP contribution in [0.3, 0.4) is 0 Å². The fourth-order valence-corrected chi connectivity index (χ4v) is 1.64. The highest BCUT2D eigenvalue weighted by molar-refractivity contribution is 5.63. The Kier molecular flexibility index (Phi) is 2.74. The second kappa shape index (κ2) is 4.08. The molecule has 7 nitrogen and oxygen atoms in total. The fraction of sp³-hybridized carbons (Fsp3) is 0.500. The van der Waals surface area contributed by atoms with Crippen molar-refractivity contribution in [1.82, 2.24) is 19.6 Å². The van der Waals surface area contributed by atoms with Crippen molar-refractivity contribution < 1.29 is 4.68 Å². The smallest absolute Gasteiger partial charge is 0.266 e. The van der Waals surface area contributed by atoms with E-state index in [4.69, 9.17) is 0 Å². The van der Waals surface area contributed by atoms with Gasteiger partial charge in [0.05, 0.1) is 0 Å². The molecule has 1 N–H and O–H groups in total. The molecule has 0 aromatic carbocycles. The minimum absolute atomic E-state index is 0.244. The van der Waals surface area contributed by atoms with Gasteiger partial charge in [0, 0.05) is 13.5 Å². The van der Waals surface area contributed by atoms with Crippen molar-refractivity contribution in [2.45, 2.75) is 19.8 Å². The summed E-state index contributed by atoms with van der Waals surface area (Å²) in [5.41, 5.74) is -0.282. The van der Waals surface area contributed by atoms with Crippen LogP contribution < -0.4 is 15.9 Å². The van der Waals surface area contributed by atoms with E-state index in [1.807, 2.05) is 6.92 Å². The van der Waals surface area contributed by atoms with Gasteiger partial charge in [-0.3, -0.25) is 4.79 Å². The summed E-state index contributed by atoms with van der Waals surface area (Å²) in [5, 5.41) is 4.19. The highest BCUT2D eigenvalue weighted by Crippen LogP contribution is 1.97. The molecule has 0 spiro atoms. The van der Waals surface area contributed by atoms with E-state index < -0.39 is 11.2 Å². The van der Waals surface area contributed by atoms with Crippen LogP contribution in [-0.2, 0) is 20.5 Å². The van der Waals surface area contributed by atoms with Crippen molar-refractivity contribution in [1.29, 1.82) is 0 Å². The monoisotopic (exact) mass is 236 g/mol. The summed E-state index contributed by atoms with van der Waals surface area (Å²) in [6, 6.07) is 0. The third-order valence-corrected chi connectivity index (χ3v) is 2.56. The molecule has 2 aromatic heterocycles. The van der Waals surface area contributed by atoms with Crippen molar-refractivity contribution in [3.05, 3.63) is 26.7 Å². The first-order valence-electron chi connectivity index (χ1n) is 5.40. The molecule has 7 heteroatoms. The van der Waals surface area contributed by atoms with Gasteiger partial charge in [-0.1, -0.05) is 12.0 Å². The van der Waals surface area contributed by atoms with Gasteiger partial charge in [0.15, 0.2) is 5.82 Å². The summed E-state index contributed by atoms with van der Waals surface area (Å²) in [6.07, 6.45) is 1.60. The van der Waals surface area contributed by atoms with E-state index in [0.717, 1.165) is 11.0 Å². The van der Waals surface area contributed by atoms with Crippen molar-refractivity contribution in [2.24, 2.45) is 14.1 Å². The zero-order valence-electron chi connectivity index (χ0n) is 10.0. The maximum atomic E-state index is 11.9. The molecule has 0 aliphatic heterocycles. The zero-order valence-corrected chi connectivity index (χ0v) is 10.0. The molecule has 0 aliphatic carbocycles. The van der Waals surface area contributed by atoms with Crippen LogP contribution in [0.2, 0.25) is 0 Å². The summed E-state index contributed by atoms with van der Waals surface area (Å²) < 4.78 is 2.49. The van der Waals surface area contributed by atoms with Crippen LogP contribution in [0.5, 0.6) is 0 Å². The molecule has 0 saturated carbocycles. The van der Waals surface area contributed by atoms with E-state index in [9.17, 15) is 9.59 Å². The third-order valence-electron chi connectivity index (χ3n) is 2.56. The molecule has 2 aromatic rings. The quantitative estimate of drug-likeness (QED) is 0.663. The molecule has 2 rings (SSSR count). The molecule has 2 heterocycles. The van der Waals surface area contributed by atoms with E-state index in [2.05, 4.69) is 15.1 Å². The summed E-state index contributed by atoms with van der Waals surface area (Å²) >= 11 is 0. The Labute approximate surface area is 96.7 Å². The summed E-state index contributed by atoms with van der Waals surface area (Å²) in [7, 11) is 3.10. The van der Waals surface area contributed by atoms with Crippen molar-refractivity contribution >= 4 is 11.2 Å². The topological polar surface area (TPSA) is 84.5 Å². The molecule has 0 amide bonds. The Morgan fingerprint density at radius 1 is 1.41 bits per heavy atom. The van der Waals surface area contributed by atoms with E-state index in [1.54, 1.807) is 7.05 Å². The Bertz CT molecular complexity index is 685. The minimum atomic E-state index is -0.468. The summed E-state index contributed by atoms with van der Waals surface area (Å²) in [5.74, 6) is 0.603. The molecule has 0 unspecified atom stereocenters. The van der Waals surface area contributed by atoms with Gasteiger partial charge in [0.25, 0.3) is 5.56 Å². The van der Waals surface area contributed by atoms with Gasteiger partial charge in [-0.25, -0.2) is 14.3 Å². The van der Waals surface area contributed by atoms with Crippen LogP contribution in [0.4, 0.5) is 0 Å². The molecule has 0 bridgehead atoms. The summed E-state index contributed by atoms with van der Waals surface area (Å²) in [4.78, 5) is 30.1. The highest BCUT2D eigenvalue weighted by atomic mass is 16.2. The van der Waals surface area contributed by atoms with Crippen LogP contribution in [0.1, 0.15) is 19.2 Å². The van der Waals surface area contributed by atoms with Gasteiger partial charge < -0.3 is 0 Å². The second-order valence-corrected chi connectivity index (χ2v) is 3.89. The van der Waals surface area contributed by atoms with Crippen molar-refractivity contribution in [2.75, 3.05) is 0 Å². The van der Waals surface area contributed by atoms with Crippen LogP contribution in [-0.4, -0.2) is 19.6 Å². The second-order valence-electron chi connectivity index (χ2n) is 3.89. The molecule has 0 saturated heterocycles. The van der Waals surface area contributed by atoms with Gasteiger partial charge in [0.2, 0.25) is 5.52 Å². The lowest BCUT2D eigenvalue weighted by atomic mass is 10.3. The molecule has 0 radical (unpaired) electrons. The number of hydrogen-bond donors (Lipinski definition) is 1. The normalized spacial score (nSPS) is 11.0. The first kappa shape index (κ1) is 11.4. The molecule has 90 valence electrons. The average Bonchev–Trinajstić information content (AvgIpc) is 2.29. The first-order valence-corrected chi connectivity index (χ1v) is 5.40. The van der Waals surface area contributed by atoms with E-state index in [1.165, 1.54) is 11.7 Å². The number of nitrogens with one attached hydrogen (secondary N) is 1. The fourth-order valence-electron chi connectivity index (χ4n) is 1.64. The van der Waals surface area contributed by atoms with Crippen LogP contribution in [0.25, 0.3) is 11.2 Å². The number of hydrogen-bond acceptors (Lipinski definition) is 4. The van der Waals surface area contributed by atoms with Gasteiger partial charge in [-0.15, -0.1) is 4.68 Å². The van der Waals surface area contributed by atoms with Crippen molar-refractivity contribution in [3.8, 4) is 0 Å². The Morgan fingerprint density at radius 3 is 2.76 bits per heavy atom. The van der Waals surface area contributed by atoms with E-state index in [-0.39, 0.29) is 5.52 Å². The number of rotatable bonds is 2. The van der Waals surface area contributed by atoms with Gasteiger partial charge in [0.1, 0.15) is 7.05 Å². The first-order chi connectivity index (χ1) is 8.04. The lowest BCUT2D eigenvalue weighted by molar-refractivity contribution is -0.708. The number of fused-ring (bicyclic) bond motifs is 1. The largest absolute Gasteiger partial charge is 0.416 e. The Morgan fingerprint density at radius 2 is 2.12 bits per heavy atom. The Balaban J connectivity index is 2.88. The van der Waals surface area contributed by atoms with Crippen LogP contribution >= 0.6 is 0 Å². The number of H-pyrrole nitrogens is 1. The van der Waals surface area contributed by atoms with Gasteiger partial charge >= 0.3 is 11.3 Å². The zero-order chi connectivity index (χ0) is 12.6. The van der Waals surface area contributed by atoms with E-state index in [0.29, 0.717) is 17.9 Å².